The second-order valence-electron chi connectivity index (χ2n) is 5.10. The quantitative estimate of drug-likeness (QED) is 0.729. The first-order chi connectivity index (χ1) is 7.64. The van der Waals surface area contributed by atoms with Gasteiger partial charge in [-0.1, -0.05) is 33.1 Å². The highest BCUT2D eigenvalue weighted by Crippen LogP contribution is 2.40. The summed E-state index contributed by atoms with van der Waals surface area (Å²) in [7, 11) is 0. The summed E-state index contributed by atoms with van der Waals surface area (Å²) in [4.78, 5) is 12.1. The standard InChI is InChI=1S/C13H26N2O/c1-3-7-11(14)10-15-12(16)13(4-2)8-5-6-9-13/h11H,3-10,14H2,1-2H3,(H,15,16). The minimum absolute atomic E-state index is 0.0774. The Hall–Kier alpha value is -0.570. The topological polar surface area (TPSA) is 55.1 Å². The third-order valence-electron chi connectivity index (χ3n) is 3.90. The largest absolute Gasteiger partial charge is 0.354 e. The fourth-order valence-corrected chi connectivity index (χ4v) is 2.68. The third kappa shape index (κ3) is 3.21. The summed E-state index contributed by atoms with van der Waals surface area (Å²) < 4.78 is 0. The lowest BCUT2D eigenvalue weighted by molar-refractivity contribution is -0.131. The molecular formula is C13H26N2O. The summed E-state index contributed by atoms with van der Waals surface area (Å²) in [6, 6.07) is 0.115. The molecule has 0 bridgehead atoms. The minimum Gasteiger partial charge on any atom is -0.354 e. The molecule has 1 saturated carbocycles. The maximum absolute atomic E-state index is 12.1. The molecule has 0 aliphatic heterocycles. The molecule has 94 valence electrons. The van der Waals surface area contributed by atoms with Crippen molar-refractivity contribution in [3.8, 4) is 0 Å². The summed E-state index contributed by atoms with van der Waals surface area (Å²) in [6.07, 6.45) is 7.53. The molecule has 0 heterocycles. The Kier molecular flexibility index (Phi) is 5.26. The Morgan fingerprint density at radius 3 is 2.50 bits per heavy atom. The molecule has 1 rings (SSSR count). The molecule has 0 radical (unpaired) electrons. The van der Waals surface area contributed by atoms with E-state index in [0.717, 1.165) is 32.1 Å². The van der Waals surface area contributed by atoms with Gasteiger partial charge in [0.2, 0.25) is 5.91 Å². The molecule has 0 aromatic carbocycles. The van der Waals surface area contributed by atoms with Crippen LogP contribution in [-0.2, 0) is 4.79 Å². The first-order valence-corrected chi connectivity index (χ1v) is 6.68. The maximum atomic E-state index is 12.1. The van der Waals surface area contributed by atoms with Gasteiger partial charge >= 0.3 is 0 Å². The van der Waals surface area contributed by atoms with Gasteiger partial charge in [0.05, 0.1) is 0 Å². The van der Waals surface area contributed by atoms with Crippen molar-refractivity contribution in [3.05, 3.63) is 0 Å². The van der Waals surface area contributed by atoms with Crippen molar-refractivity contribution in [3.63, 3.8) is 0 Å². The summed E-state index contributed by atoms with van der Waals surface area (Å²) >= 11 is 0. The minimum atomic E-state index is -0.0774. The van der Waals surface area contributed by atoms with Crippen LogP contribution in [0.2, 0.25) is 0 Å². The van der Waals surface area contributed by atoms with Crippen LogP contribution in [0.3, 0.4) is 0 Å². The highest BCUT2D eigenvalue weighted by molar-refractivity contribution is 5.82. The molecule has 1 fully saturated rings. The van der Waals surface area contributed by atoms with Crippen molar-refractivity contribution >= 4 is 5.91 Å². The van der Waals surface area contributed by atoms with Crippen molar-refractivity contribution in [2.45, 2.75) is 64.8 Å². The van der Waals surface area contributed by atoms with Crippen LogP contribution in [0.1, 0.15) is 58.8 Å². The van der Waals surface area contributed by atoms with E-state index in [1.807, 2.05) is 0 Å². The van der Waals surface area contributed by atoms with Gasteiger partial charge < -0.3 is 11.1 Å². The lowest BCUT2D eigenvalue weighted by atomic mass is 9.82. The van der Waals surface area contributed by atoms with Gasteiger partial charge in [-0.3, -0.25) is 4.79 Å². The fourth-order valence-electron chi connectivity index (χ4n) is 2.68. The molecule has 0 aromatic heterocycles. The number of carbonyl (C=O) groups is 1. The van der Waals surface area contributed by atoms with Gasteiger partial charge in [0.25, 0.3) is 0 Å². The number of hydrogen-bond acceptors (Lipinski definition) is 2. The third-order valence-corrected chi connectivity index (χ3v) is 3.90. The number of rotatable bonds is 6. The lowest BCUT2D eigenvalue weighted by Crippen LogP contribution is -2.44. The molecule has 0 aromatic rings. The van der Waals surface area contributed by atoms with Gasteiger partial charge in [-0.2, -0.15) is 0 Å². The smallest absolute Gasteiger partial charge is 0.226 e. The summed E-state index contributed by atoms with van der Waals surface area (Å²) in [6.45, 7) is 4.87. The molecule has 3 heteroatoms. The Bertz CT molecular complexity index is 222. The van der Waals surface area contributed by atoms with Crippen LogP contribution < -0.4 is 11.1 Å². The van der Waals surface area contributed by atoms with Crippen LogP contribution in [-0.4, -0.2) is 18.5 Å². The van der Waals surface area contributed by atoms with Gasteiger partial charge in [-0.15, -0.1) is 0 Å². The Labute approximate surface area is 99.2 Å². The molecular weight excluding hydrogens is 200 g/mol. The summed E-state index contributed by atoms with van der Waals surface area (Å²) in [5.41, 5.74) is 5.82. The van der Waals surface area contributed by atoms with Gasteiger partial charge in [0, 0.05) is 18.0 Å². The van der Waals surface area contributed by atoms with Gasteiger partial charge in [0.1, 0.15) is 0 Å². The van der Waals surface area contributed by atoms with Gasteiger partial charge in [0.15, 0.2) is 0 Å². The normalized spacial score (nSPS) is 20.7. The van der Waals surface area contributed by atoms with E-state index in [2.05, 4.69) is 19.2 Å². The summed E-state index contributed by atoms with van der Waals surface area (Å²) in [5.74, 6) is 0.235. The fraction of sp³-hybridized carbons (Fsp3) is 0.923. The van der Waals surface area contributed by atoms with E-state index in [4.69, 9.17) is 5.73 Å². The Morgan fingerprint density at radius 2 is 2.00 bits per heavy atom. The molecule has 1 unspecified atom stereocenters. The van der Waals surface area contributed by atoms with E-state index in [1.165, 1.54) is 12.8 Å². The van der Waals surface area contributed by atoms with Crippen LogP contribution in [0.25, 0.3) is 0 Å². The van der Waals surface area contributed by atoms with E-state index in [0.29, 0.717) is 6.54 Å². The molecule has 3 N–H and O–H groups in total. The van der Waals surface area contributed by atoms with Crippen molar-refractivity contribution in [2.24, 2.45) is 11.1 Å². The Balaban J connectivity index is 2.38. The molecule has 1 aliphatic carbocycles. The number of nitrogens with two attached hydrogens (primary N) is 1. The number of nitrogens with one attached hydrogen (secondary N) is 1. The lowest BCUT2D eigenvalue weighted by Gasteiger charge is -2.26. The number of amides is 1. The molecule has 0 spiro atoms. The second-order valence-corrected chi connectivity index (χ2v) is 5.10. The summed E-state index contributed by atoms with van der Waals surface area (Å²) in [5, 5.41) is 3.04. The molecule has 16 heavy (non-hydrogen) atoms. The monoisotopic (exact) mass is 226 g/mol. The zero-order valence-electron chi connectivity index (χ0n) is 10.7. The van der Waals surface area contributed by atoms with E-state index in [-0.39, 0.29) is 17.4 Å². The predicted octanol–water partition coefficient (Wildman–Crippen LogP) is 2.20. The van der Waals surface area contributed by atoms with Crippen LogP contribution >= 0.6 is 0 Å². The molecule has 0 saturated heterocycles. The highest BCUT2D eigenvalue weighted by Gasteiger charge is 2.39. The van der Waals surface area contributed by atoms with Crippen LogP contribution in [0.4, 0.5) is 0 Å². The zero-order chi connectivity index (χ0) is 12.0. The van der Waals surface area contributed by atoms with E-state index in [1.54, 1.807) is 0 Å². The molecule has 1 aliphatic rings. The molecule has 3 nitrogen and oxygen atoms in total. The van der Waals surface area contributed by atoms with Gasteiger partial charge in [-0.25, -0.2) is 0 Å². The first-order valence-electron chi connectivity index (χ1n) is 6.68. The van der Waals surface area contributed by atoms with Crippen molar-refractivity contribution in [2.75, 3.05) is 6.54 Å². The van der Waals surface area contributed by atoms with E-state index < -0.39 is 0 Å². The zero-order valence-corrected chi connectivity index (χ0v) is 10.7. The van der Waals surface area contributed by atoms with Crippen molar-refractivity contribution in [1.29, 1.82) is 0 Å². The predicted molar refractivity (Wildman–Crippen MR) is 67.1 cm³/mol. The average molecular weight is 226 g/mol. The Morgan fingerprint density at radius 1 is 1.38 bits per heavy atom. The van der Waals surface area contributed by atoms with E-state index >= 15 is 0 Å². The van der Waals surface area contributed by atoms with Crippen LogP contribution in [0, 0.1) is 5.41 Å². The number of carbonyl (C=O) groups excluding carboxylic acids is 1. The average Bonchev–Trinajstić information content (AvgIpc) is 2.76. The number of hydrogen-bond donors (Lipinski definition) is 2. The van der Waals surface area contributed by atoms with E-state index in [9.17, 15) is 4.79 Å². The van der Waals surface area contributed by atoms with Crippen molar-refractivity contribution < 1.29 is 4.79 Å². The highest BCUT2D eigenvalue weighted by atomic mass is 16.2. The van der Waals surface area contributed by atoms with Crippen LogP contribution in [0.5, 0.6) is 0 Å². The van der Waals surface area contributed by atoms with Gasteiger partial charge in [-0.05, 0) is 25.7 Å². The second kappa shape index (κ2) is 6.24. The van der Waals surface area contributed by atoms with Crippen LogP contribution in [0.15, 0.2) is 0 Å². The SMILES string of the molecule is CCCC(N)CNC(=O)C1(CC)CCCC1. The first kappa shape index (κ1) is 13.5. The molecule has 1 atom stereocenters. The molecule has 1 amide bonds. The van der Waals surface area contributed by atoms with Crippen molar-refractivity contribution in [1.82, 2.24) is 5.32 Å². The maximum Gasteiger partial charge on any atom is 0.226 e.